The van der Waals surface area contributed by atoms with Crippen molar-refractivity contribution in [2.24, 2.45) is 0 Å². The Hall–Kier alpha value is -0.960. The number of rotatable bonds is 6. The molecule has 2 heterocycles. The molecular weight excluding hydrogens is 362 g/mol. The molecule has 0 aliphatic rings. The van der Waals surface area contributed by atoms with Crippen LogP contribution in [0.5, 0.6) is 0 Å². The number of nitrogens with one attached hydrogen (secondary N) is 2. The molecule has 0 bridgehead atoms. The average Bonchev–Trinajstić information content (AvgIpc) is 2.88. The van der Waals surface area contributed by atoms with Gasteiger partial charge in [0.2, 0.25) is 0 Å². The van der Waals surface area contributed by atoms with E-state index in [1.54, 1.807) is 18.3 Å². The molecule has 0 saturated carbocycles. The van der Waals surface area contributed by atoms with Gasteiger partial charge in [-0.25, -0.2) is 8.42 Å². The maximum absolute atomic E-state index is 12.3. The summed E-state index contributed by atoms with van der Waals surface area (Å²) in [5.41, 5.74) is 0.477. The number of thiophene rings is 1. The van der Waals surface area contributed by atoms with E-state index < -0.39 is 10.0 Å². The first-order chi connectivity index (χ1) is 9.53. The lowest BCUT2D eigenvalue weighted by Crippen LogP contribution is -2.12. The minimum absolute atomic E-state index is 0.312. The molecule has 0 spiro atoms. The van der Waals surface area contributed by atoms with Gasteiger partial charge >= 0.3 is 0 Å². The number of halogens is 1. The molecule has 0 atom stereocenters. The maximum Gasteiger partial charge on any atom is 0.271 e. The molecule has 0 fully saturated rings. The standard InChI is InChI=1S/C12H14BrN3O2S2/c1-14-6-4-9-2-3-12(19-9)20(17,18)16-11-5-7-15-8-10(11)13/h2-3,5,7-8,14H,4,6H2,1H3,(H,15,16). The molecule has 0 amide bonds. The van der Waals surface area contributed by atoms with Crippen molar-refractivity contribution in [3.05, 3.63) is 39.9 Å². The van der Waals surface area contributed by atoms with E-state index in [1.807, 2.05) is 13.1 Å². The fourth-order valence-corrected chi connectivity index (χ4v) is 4.45. The molecule has 5 nitrogen and oxygen atoms in total. The van der Waals surface area contributed by atoms with Crippen LogP contribution in [-0.2, 0) is 16.4 Å². The van der Waals surface area contributed by atoms with Gasteiger partial charge < -0.3 is 5.32 Å². The van der Waals surface area contributed by atoms with Gasteiger partial charge in [0.25, 0.3) is 10.0 Å². The van der Waals surface area contributed by atoms with E-state index >= 15 is 0 Å². The van der Waals surface area contributed by atoms with Crippen molar-refractivity contribution in [1.29, 1.82) is 0 Å². The summed E-state index contributed by atoms with van der Waals surface area (Å²) < 4.78 is 28.0. The third-order valence-corrected chi connectivity index (χ3v) is 6.17. The molecular formula is C12H14BrN3O2S2. The second-order valence-corrected chi connectivity index (χ2v) is 7.97. The second-order valence-electron chi connectivity index (χ2n) is 4.04. The van der Waals surface area contributed by atoms with E-state index in [0.717, 1.165) is 17.8 Å². The SMILES string of the molecule is CNCCc1ccc(S(=O)(=O)Nc2ccncc2Br)s1. The van der Waals surface area contributed by atoms with Gasteiger partial charge in [0.15, 0.2) is 0 Å². The lowest BCUT2D eigenvalue weighted by molar-refractivity contribution is 0.603. The molecule has 2 aromatic rings. The van der Waals surface area contributed by atoms with E-state index in [4.69, 9.17) is 0 Å². The van der Waals surface area contributed by atoms with Crippen molar-refractivity contribution in [2.45, 2.75) is 10.6 Å². The summed E-state index contributed by atoms with van der Waals surface area (Å²) in [5.74, 6) is 0. The summed E-state index contributed by atoms with van der Waals surface area (Å²) in [6.07, 6.45) is 3.90. The zero-order valence-electron chi connectivity index (χ0n) is 10.8. The van der Waals surface area contributed by atoms with Crippen LogP contribution in [0.2, 0.25) is 0 Å². The van der Waals surface area contributed by atoms with E-state index in [-0.39, 0.29) is 0 Å². The average molecular weight is 376 g/mol. The van der Waals surface area contributed by atoms with E-state index in [1.165, 1.54) is 17.5 Å². The molecule has 2 rings (SSSR count). The number of aromatic nitrogens is 1. The quantitative estimate of drug-likeness (QED) is 0.813. The third kappa shape index (κ3) is 3.78. The fraction of sp³-hybridized carbons (Fsp3) is 0.250. The lowest BCUT2D eigenvalue weighted by atomic mass is 10.3. The largest absolute Gasteiger partial charge is 0.319 e. The summed E-state index contributed by atoms with van der Waals surface area (Å²) in [6, 6.07) is 5.09. The van der Waals surface area contributed by atoms with Crippen molar-refractivity contribution in [3.8, 4) is 0 Å². The minimum atomic E-state index is -3.55. The topological polar surface area (TPSA) is 71.1 Å². The smallest absolute Gasteiger partial charge is 0.271 e. The predicted octanol–water partition coefficient (Wildman–Crippen LogP) is 2.47. The summed E-state index contributed by atoms with van der Waals surface area (Å²) in [6.45, 7) is 0.823. The molecule has 8 heteroatoms. The first kappa shape index (κ1) is 15.4. The second kappa shape index (κ2) is 6.66. The molecule has 108 valence electrons. The molecule has 0 aliphatic carbocycles. The lowest BCUT2D eigenvalue weighted by Gasteiger charge is -2.07. The van der Waals surface area contributed by atoms with Crippen LogP contribution in [0.25, 0.3) is 0 Å². The number of nitrogens with zero attached hydrogens (tertiary/aromatic N) is 1. The molecule has 20 heavy (non-hydrogen) atoms. The molecule has 0 aromatic carbocycles. The van der Waals surface area contributed by atoms with Crippen molar-refractivity contribution in [1.82, 2.24) is 10.3 Å². The molecule has 0 aliphatic heterocycles. The van der Waals surface area contributed by atoms with Gasteiger partial charge in [0.05, 0.1) is 10.2 Å². The highest BCUT2D eigenvalue weighted by Crippen LogP contribution is 2.27. The van der Waals surface area contributed by atoms with Crippen LogP contribution in [0.3, 0.4) is 0 Å². The number of hydrogen-bond donors (Lipinski definition) is 2. The Kier molecular flexibility index (Phi) is 5.14. The van der Waals surface area contributed by atoms with Gasteiger partial charge in [-0.05, 0) is 54.1 Å². The first-order valence-corrected chi connectivity index (χ1v) is 8.98. The fourth-order valence-electron chi connectivity index (χ4n) is 1.54. The number of pyridine rings is 1. The van der Waals surface area contributed by atoms with E-state index in [2.05, 4.69) is 31.0 Å². The van der Waals surface area contributed by atoms with Crippen LogP contribution in [-0.4, -0.2) is 27.0 Å². The number of anilines is 1. The highest BCUT2D eigenvalue weighted by atomic mass is 79.9. The zero-order chi connectivity index (χ0) is 14.6. The van der Waals surface area contributed by atoms with Gasteiger partial charge in [-0.1, -0.05) is 0 Å². The van der Waals surface area contributed by atoms with Crippen molar-refractivity contribution < 1.29 is 8.42 Å². The van der Waals surface area contributed by atoms with Gasteiger partial charge in [-0.3, -0.25) is 9.71 Å². The maximum atomic E-state index is 12.3. The molecule has 2 N–H and O–H groups in total. The van der Waals surface area contributed by atoms with Crippen LogP contribution in [0, 0.1) is 0 Å². The van der Waals surface area contributed by atoms with Gasteiger partial charge in [-0.15, -0.1) is 11.3 Å². The third-order valence-electron chi connectivity index (χ3n) is 2.54. The Morgan fingerprint density at radius 3 is 2.85 bits per heavy atom. The van der Waals surface area contributed by atoms with Crippen LogP contribution >= 0.6 is 27.3 Å². The normalized spacial score (nSPS) is 11.5. The minimum Gasteiger partial charge on any atom is -0.319 e. The molecule has 0 unspecified atom stereocenters. The Labute approximate surface area is 130 Å². The Balaban J connectivity index is 2.18. The first-order valence-electron chi connectivity index (χ1n) is 5.88. The monoisotopic (exact) mass is 375 g/mol. The Morgan fingerprint density at radius 2 is 2.15 bits per heavy atom. The van der Waals surface area contributed by atoms with Gasteiger partial charge in [-0.2, -0.15) is 0 Å². The zero-order valence-corrected chi connectivity index (χ0v) is 14.0. The highest BCUT2D eigenvalue weighted by Gasteiger charge is 2.18. The Bertz CT molecular complexity index is 686. The molecule has 2 aromatic heterocycles. The number of likely N-dealkylation sites (N-methyl/N-ethyl adjacent to an activating group) is 1. The predicted molar refractivity (Wildman–Crippen MR) is 84.7 cm³/mol. The van der Waals surface area contributed by atoms with Crippen LogP contribution < -0.4 is 10.0 Å². The summed E-state index contributed by atoms with van der Waals surface area (Å²) in [5, 5.41) is 3.04. The van der Waals surface area contributed by atoms with Gasteiger partial charge in [0, 0.05) is 17.3 Å². The van der Waals surface area contributed by atoms with Crippen LogP contribution in [0.15, 0.2) is 39.3 Å². The summed E-state index contributed by atoms with van der Waals surface area (Å²) in [7, 11) is -1.68. The molecule has 0 radical (unpaired) electrons. The summed E-state index contributed by atoms with van der Waals surface area (Å²) in [4.78, 5) is 4.94. The van der Waals surface area contributed by atoms with Gasteiger partial charge in [0.1, 0.15) is 4.21 Å². The Morgan fingerprint density at radius 1 is 1.35 bits per heavy atom. The van der Waals surface area contributed by atoms with E-state index in [0.29, 0.717) is 14.4 Å². The van der Waals surface area contributed by atoms with Crippen molar-refractivity contribution in [3.63, 3.8) is 0 Å². The van der Waals surface area contributed by atoms with Crippen molar-refractivity contribution >= 4 is 43.0 Å². The van der Waals surface area contributed by atoms with Crippen LogP contribution in [0.1, 0.15) is 4.88 Å². The highest BCUT2D eigenvalue weighted by molar-refractivity contribution is 9.10. The van der Waals surface area contributed by atoms with Crippen LogP contribution in [0.4, 0.5) is 5.69 Å². The number of sulfonamides is 1. The number of hydrogen-bond acceptors (Lipinski definition) is 5. The van der Waals surface area contributed by atoms with Crippen molar-refractivity contribution in [2.75, 3.05) is 18.3 Å². The summed E-state index contributed by atoms with van der Waals surface area (Å²) >= 11 is 4.55. The van der Waals surface area contributed by atoms with E-state index in [9.17, 15) is 8.42 Å². The molecule has 0 saturated heterocycles.